The highest BCUT2D eigenvalue weighted by Crippen LogP contribution is 2.26. The van der Waals surface area contributed by atoms with Crippen molar-refractivity contribution in [2.24, 2.45) is 5.73 Å². The Labute approximate surface area is 115 Å². The summed E-state index contributed by atoms with van der Waals surface area (Å²) >= 11 is 0. The molecule has 0 bridgehead atoms. The minimum Gasteiger partial charge on any atom is -0.497 e. The summed E-state index contributed by atoms with van der Waals surface area (Å²) in [5, 5.41) is 8.88. The molecule has 1 amide bonds. The summed E-state index contributed by atoms with van der Waals surface area (Å²) < 4.78 is 5.20. The number of amides is 1. The van der Waals surface area contributed by atoms with Gasteiger partial charge in [-0.2, -0.15) is 5.10 Å². The number of aromatic amines is 1. The van der Waals surface area contributed by atoms with Gasteiger partial charge in [0.05, 0.1) is 12.8 Å². The fourth-order valence-corrected chi connectivity index (χ4v) is 2.11. The Hall–Kier alpha value is -2.82. The zero-order valence-corrected chi connectivity index (χ0v) is 10.9. The van der Waals surface area contributed by atoms with Crippen LogP contribution >= 0.6 is 0 Å². The zero-order valence-electron chi connectivity index (χ0n) is 10.9. The van der Waals surface area contributed by atoms with Crippen LogP contribution in [-0.2, 0) is 0 Å². The molecule has 100 valence electrons. The third kappa shape index (κ3) is 2.09. The number of nitrogens with one attached hydrogen (secondary N) is 1. The molecule has 2 aromatic carbocycles. The molecule has 0 unspecified atom stereocenters. The summed E-state index contributed by atoms with van der Waals surface area (Å²) in [7, 11) is 1.64. The lowest BCUT2D eigenvalue weighted by molar-refractivity contribution is 0.0995. The number of methoxy groups -OCH3 is 1. The molecule has 20 heavy (non-hydrogen) atoms. The zero-order chi connectivity index (χ0) is 14.1. The van der Waals surface area contributed by atoms with E-state index in [1.165, 1.54) is 0 Å². The van der Waals surface area contributed by atoms with Crippen molar-refractivity contribution in [3.05, 3.63) is 48.2 Å². The molecule has 5 nitrogen and oxygen atoms in total. The number of hydrogen-bond donors (Lipinski definition) is 2. The SMILES string of the molecule is COc1ccc2cc(-c3cc(C(N)=O)[nH]n3)ccc2c1. The van der Waals surface area contributed by atoms with Crippen LogP contribution in [0.15, 0.2) is 42.5 Å². The van der Waals surface area contributed by atoms with E-state index in [1.807, 2.05) is 36.4 Å². The van der Waals surface area contributed by atoms with Crippen LogP contribution in [0.2, 0.25) is 0 Å². The van der Waals surface area contributed by atoms with E-state index in [-0.39, 0.29) is 0 Å². The highest BCUT2D eigenvalue weighted by Gasteiger charge is 2.08. The maximum absolute atomic E-state index is 11.1. The van der Waals surface area contributed by atoms with E-state index in [2.05, 4.69) is 10.2 Å². The summed E-state index contributed by atoms with van der Waals surface area (Å²) in [6.07, 6.45) is 0. The predicted octanol–water partition coefficient (Wildman–Crippen LogP) is 2.34. The fourth-order valence-electron chi connectivity index (χ4n) is 2.11. The van der Waals surface area contributed by atoms with Crippen molar-refractivity contribution in [3.8, 4) is 17.0 Å². The Bertz CT molecular complexity index is 793. The Morgan fingerprint density at radius 3 is 2.60 bits per heavy atom. The number of aromatic nitrogens is 2. The van der Waals surface area contributed by atoms with Crippen molar-refractivity contribution < 1.29 is 9.53 Å². The molecule has 5 heteroatoms. The Morgan fingerprint density at radius 1 is 1.15 bits per heavy atom. The van der Waals surface area contributed by atoms with Gasteiger partial charge in [-0.05, 0) is 35.0 Å². The van der Waals surface area contributed by atoms with Crippen molar-refractivity contribution in [1.29, 1.82) is 0 Å². The van der Waals surface area contributed by atoms with E-state index >= 15 is 0 Å². The normalized spacial score (nSPS) is 10.7. The third-order valence-electron chi connectivity index (χ3n) is 3.19. The first-order valence-corrected chi connectivity index (χ1v) is 6.11. The van der Waals surface area contributed by atoms with Crippen molar-refractivity contribution in [2.45, 2.75) is 0 Å². The summed E-state index contributed by atoms with van der Waals surface area (Å²) in [4.78, 5) is 11.1. The van der Waals surface area contributed by atoms with Crippen molar-refractivity contribution in [1.82, 2.24) is 10.2 Å². The largest absolute Gasteiger partial charge is 0.497 e. The van der Waals surface area contributed by atoms with E-state index in [0.29, 0.717) is 11.4 Å². The molecule has 0 aliphatic heterocycles. The summed E-state index contributed by atoms with van der Waals surface area (Å²) in [6, 6.07) is 13.5. The lowest BCUT2D eigenvalue weighted by Crippen LogP contribution is -2.10. The number of nitrogens with zero attached hydrogens (tertiary/aromatic N) is 1. The minimum absolute atomic E-state index is 0.301. The maximum atomic E-state index is 11.1. The van der Waals surface area contributed by atoms with Gasteiger partial charge < -0.3 is 10.5 Å². The molecule has 3 aromatic rings. The van der Waals surface area contributed by atoms with Crippen LogP contribution in [-0.4, -0.2) is 23.2 Å². The molecular weight excluding hydrogens is 254 g/mol. The first-order chi connectivity index (χ1) is 9.67. The van der Waals surface area contributed by atoms with Gasteiger partial charge in [0.25, 0.3) is 5.91 Å². The number of carbonyl (C=O) groups is 1. The number of ether oxygens (including phenoxy) is 1. The first kappa shape index (κ1) is 12.2. The second-order valence-electron chi connectivity index (χ2n) is 4.46. The van der Waals surface area contributed by atoms with Gasteiger partial charge in [-0.3, -0.25) is 9.89 Å². The van der Waals surface area contributed by atoms with Crippen LogP contribution in [0.1, 0.15) is 10.5 Å². The second kappa shape index (κ2) is 4.70. The average molecular weight is 267 g/mol. The lowest BCUT2D eigenvalue weighted by Gasteiger charge is -2.04. The molecule has 0 spiro atoms. The summed E-state index contributed by atoms with van der Waals surface area (Å²) in [5.74, 6) is 0.301. The van der Waals surface area contributed by atoms with E-state index < -0.39 is 5.91 Å². The molecule has 0 fully saturated rings. The highest BCUT2D eigenvalue weighted by atomic mass is 16.5. The molecular formula is C15H13N3O2. The third-order valence-corrected chi connectivity index (χ3v) is 3.19. The Morgan fingerprint density at radius 2 is 1.90 bits per heavy atom. The predicted molar refractivity (Wildman–Crippen MR) is 76.6 cm³/mol. The molecule has 3 rings (SSSR count). The van der Waals surface area contributed by atoms with E-state index in [9.17, 15) is 4.79 Å². The van der Waals surface area contributed by atoms with Crippen molar-refractivity contribution in [2.75, 3.05) is 7.11 Å². The van der Waals surface area contributed by atoms with Crippen molar-refractivity contribution in [3.63, 3.8) is 0 Å². The average Bonchev–Trinajstić information content (AvgIpc) is 2.96. The van der Waals surface area contributed by atoms with Gasteiger partial charge in [-0.25, -0.2) is 0 Å². The molecule has 0 atom stereocenters. The van der Waals surface area contributed by atoms with Crippen LogP contribution in [0.3, 0.4) is 0 Å². The maximum Gasteiger partial charge on any atom is 0.266 e. The number of carbonyl (C=O) groups excluding carboxylic acids is 1. The van der Waals surface area contributed by atoms with Crippen LogP contribution < -0.4 is 10.5 Å². The number of H-pyrrole nitrogens is 1. The van der Waals surface area contributed by atoms with E-state index in [1.54, 1.807) is 13.2 Å². The molecule has 0 radical (unpaired) electrons. The molecule has 1 aromatic heterocycles. The second-order valence-corrected chi connectivity index (χ2v) is 4.46. The summed E-state index contributed by atoms with van der Waals surface area (Å²) in [6.45, 7) is 0. The van der Waals surface area contributed by atoms with Gasteiger partial charge >= 0.3 is 0 Å². The van der Waals surface area contributed by atoms with Gasteiger partial charge in [-0.15, -0.1) is 0 Å². The number of primary amides is 1. The smallest absolute Gasteiger partial charge is 0.266 e. The molecule has 0 aliphatic rings. The van der Waals surface area contributed by atoms with Gasteiger partial charge in [0.2, 0.25) is 0 Å². The summed E-state index contributed by atoms with van der Waals surface area (Å²) in [5.41, 5.74) is 7.12. The lowest BCUT2D eigenvalue weighted by atomic mass is 10.0. The van der Waals surface area contributed by atoms with Gasteiger partial charge in [-0.1, -0.05) is 18.2 Å². The monoisotopic (exact) mass is 267 g/mol. The van der Waals surface area contributed by atoms with E-state index in [0.717, 1.165) is 22.1 Å². The number of nitrogens with two attached hydrogens (primary N) is 1. The number of rotatable bonds is 3. The molecule has 0 aliphatic carbocycles. The first-order valence-electron chi connectivity index (χ1n) is 6.11. The number of benzene rings is 2. The quantitative estimate of drug-likeness (QED) is 0.764. The standard InChI is InChI=1S/C15H13N3O2/c1-20-12-5-4-9-6-11(3-2-10(9)7-12)13-8-14(15(16)19)18-17-13/h2-8H,1H3,(H2,16,19)(H,17,18). The van der Waals surface area contributed by atoms with Crippen LogP contribution in [0.5, 0.6) is 5.75 Å². The van der Waals surface area contributed by atoms with Crippen molar-refractivity contribution >= 4 is 16.7 Å². The topological polar surface area (TPSA) is 81.0 Å². The van der Waals surface area contributed by atoms with Crippen LogP contribution in [0, 0.1) is 0 Å². The fraction of sp³-hybridized carbons (Fsp3) is 0.0667. The molecule has 0 saturated carbocycles. The van der Waals surface area contributed by atoms with Crippen LogP contribution in [0.25, 0.3) is 22.0 Å². The number of fused-ring (bicyclic) bond motifs is 1. The highest BCUT2D eigenvalue weighted by molar-refractivity contribution is 5.93. The van der Waals surface area contributed by atoms with Gasteiger partial charge in [0.15, 0.2) is 0 Å². The van der Waals surface area contributed by atoms with Gasteiger partial charge in [0, 0.05) is 5.56 Å². The molecule has 3 N–H and O–H groups in total. The number of hydrogen-bond acceptors (Lipinski definition) is 3. The van der Waals surface area contributed by atoms with Crippen LogP contribution in [0.4, 0.5) is 0 Å². The Kier molecular flexibility index (Phi) is 2.87. The molecule has 0 saturated heterocycles. The minimum atomic E-state index is -0.519. The van der Waals surface area contributed by atoms with Gasteiger partial charge in [0.1, 0.15) is 11.4 Å². The van der Waals surface area contributed by atoms with E-state index in [4.69, 9.17) is 10.5 Å². The Balaban J connectivity index is 2.05. The molecule has 1 heterocycles.